The van der Waals surface area contributed by atoms with Gasteiger partial charge in [-0.3, -0.25) is 0 Å². The van der Waals surface area contributed by atoms with Crippen LogP contribution in [0.5, 0.6) is 5.75 Å². The number of carbonyl (C=O) groups excluding carboxylic acids is 1. The van der Waals surface area contributed by atoms with Gasteiger partial charge in [-0.15, -0.1) is 0 Å². The number of aryl methyl sites for hydroxylation is 1. The Morgan fingerprint density at radius 2 is 2.04 bits per heavy atom. The second kappa shape index (κ2) is 6.54. The summed E-state index contributed by atoms with van der Waals surface area (Å²) in [5.74, 6) is 0.287. The zero-order chi connectivity index (χ0) is 16.4. The summed E-state index contributed by atoms with van der Waals surface area (Å²) in [6, 6.07) is 11.1. The zero-order valence-corrected chi connectivity index (χ0v) is 14.5. The van der Waals surface area contributed by atoms with E-state index in [0.717, 1.165) is 45.5 Å². The Labute approximate surface area is 143 Å². The molecule has 0 N–H and O–H groups in total. The zero-order valence-electron chi connectivity index (χ0n) is 12.9. The van der Waals surface area contributed by atoms with Crippen LogP contribution in [0.2, 0.25) is 0 Å². The number of halogens is 1. The van der Waals surface area contributed by atoms with Crippen LogP contribution >= 0.6 is 15.9 Å². The fourth-order valence-corrected chi connectivity index (χ4v) is 3.24. The van der Waals surface area contributed by atoms with E-state index >= 15 is 0 Å². The number of hydrogen-bond donors (Lipinski definition) is 0. The molecular weight excluding hydrogens is 358 g/mol. The summed E-state index contributed by atoms with van der Waals surface area (Å²) in [6.45, 7) is 1.93. The maximum Gasteiger partial charge on any atom is 0.365 e. The summed E-state index contributed by atoms with van der Waals surface area (Å²) in [4.78, 5) is 17.3. The summed E-state index contributed by atoms with van der Waals surface area (Å²) < 4.78 is 6.42. The highest BCUT2D eigenvalue weighted by Crippen LogP contribution is 2.36. The standard InChI is InChI=1S/C18H16BrNO3/c1-11-4-3-5-12(10-11)18(21)23-20-15-8-6-13-14(19)7-9-16(22-2)17(13)15/h3-5,7,9-10H,6,8H2,1-2H3/b20-15-. The molecule has 0 bridgehead atoms. The number of methoxy groups -OCH3 is 1. The van der Waals surface area contributed by atoms with Gasteiger partial charge in [0.25, 0.3) is 0 Å². The van der Waals surface area contributed by atoms with Crippen LogP contribution in [-0.2, 0) is 11.3 Å². The van der Waals surface area contributed by atoms with E-state index in [-0.39, 0.29) is 0 Å². The fourth-order valence-electron chi connectivity index (χ4n) is 2.71. The van der Waals surface area contributed by atoms with Crippen molar-refractivity contribution in [2.45, 2.75) is 19.8 Å². The Kier molecular flexibility index (Phi) is 4.48. The second-order valence-corrected chi connectivity index (χ2v) is 6.24. The van der Waals surface area contributed by atoms with E-state index in [0.29, 0.717) is 5.56 Å². The summed E-state index contributed by atoms with van der Waals surface area (Å²) in [6.07, 6.45) is 1.56. The van der Waals surface area contributed by atoms with Crippen LogP contribution in [-0.4, -0.2) is 18.8 Å². The molecule has 0 unspecified atom stereocenters. The maximum absolute atomic E-state index is 12.1. The highest BCUT2D eigenvalue weighted by Gasteiger charge is 2.25. The average molecular weight is 374 g/mol. The van der Waals surface area contributed by atoms with E-state index in [1.807, 2.05) is 31.2 Å². The lowest BCUT2D eigenvalue weighted by molar-refractivity contribution is 0.0516. The van der Waals surface area contributed by atoms with E-state index in [1.165, 1.54) is 0 Å². The Morgan fingerprint density at radius 3 is 2.78 bits per heavy atom. The molecule has 0 spiro atoms. The fraction of sp³-hybridized carbons (Fsp3) is 0.222. The number of benzene rings is 2. The first-order chi connectivity index (χ1) is 11.1. The largest absolute Gasteiger partial charge is 0.496 e. The van der Waals surface area contributed by atoms with Gasteiger partial charge in [0.15, 0.2) is 0 Å². The summed E-state index contributed by atoms with van der Waals surface area (Å²) in [7, 11) is 1.62. The minimum atomic E-state index is -0.455. The predicted octanol–water partition coefficient (Wildman–Crippen LogP) is 4.27. The molecule has 0 aliphatic heterocycles. The first kappa shape index (κ1) is 15.7. The van der Waals surface area contributed by atoms with Crippen molar-refractivity contribution in [2.24, 2.45) is 5.16 Å². The van der Waals surface area contributed by atoms with Gasteiger partial charge in [0.1, 0.15) is 5.75 Å². The van der Waals surface area contributed by atoms with E-state index < -0.39 is 5.97 Å². The van der Waals surface area contributed by atoms with Crippen molar-refractivity contribution in [3.63, 3.8) is 0 Å². The Morgan fingerprint density at radius 1 is 1.22 bits per heavy atom. The third kappa shape index (κ3) is 3.15. The van der Waals surface area contributed by atoms with E-state index in [2.05, 4.69) is 21.1 Å². The van der Waals surface area contributed by atoms with Gasteiger partial charge in [-0.2, -0.15) is 0 Å². The summed E-state index contributed by atoms with van der Waals surface area (Å²) in [5.41, 5.74) is 4.28. The van der Waals surface area contributed by atoms with Gasteiger partial charge in [0, 0.05) is 10.0 Å². The number of nitrogens with zero attached hydrogens (tertiary/aromatic N) is 1. The number of rotatable bonds is 3. The lowest BCUT2D eigenvalue weighted by atomic mass is 10.1. The summed E-state index contributed by atoms with van der Waals surface area (Å²) in [5, 5.41) is 4.09. The minimum absolute atomic E-state index is 0.455. The highest BCUT2D eigenvalue weighted by atomic mass is 79.9. The van der Waals surface area contributed by atoms with Crippen molar-refractivity contribution in [1.29, 1.82) is 0 Å². The SMILES string of the molecule is COc1ccc(Br)c2c1/C(=N\OC(=O)c1cccc(C)c1)CC2. The molecule has 1 aliphatic rings. The van der Waals surface area contributed by atoms with E-state index in [1.54, 1.807) is 19.2 Å². The van der Waals surface area contributed by atoms with E-state index in [9.17, 15) is 4.79 Å². The number of carbonyl (C=O) groups is 1. The van der Waals surface area contributed by atoms with Gasteiger partial charge in [-0.05, 0) is 49.6 Å². The van der Waals surface area contributed by atoms with Gasteiger partial charge in [0.2, 0.25) is 0 Å². The monoisotopic (exact) mass is 373 g/mol. The second-order valence-electron chi connectivity index (χ2n) is 5.39. The Bertz CT molecular complexity index is 799. The first-order valence-corrected chi connectivity index (χ1v) is 8.10. The minimum Gasteiger partial charge on any atom is -0.496 e. The average Bonchev–Trinajstić information content (AvgIpc) is 2.98. The van der Waals surface area contributed by atoms with Crippen LogP contribution < -0.4 is 4.74 Å². The number of fused-ring (bicyclic) bond motifs is 1. The Balaban J connectivity index is 1.87. The lowest BCUT2D eigenvalue weighted by Crippen LogP contribution is -2.05. The van der Waals surface area contributed by atoms with Crippen molar-refractivity contribution in [1.82, 2.24) is 0 Å². The van der Waals surface area contributed by atoms with Crippen LogP contribution in [0.15, 0.2) is 46.0 Å². The maximum atomic E-state index is 12.1. The molecule has 0 saturated carbocycles. The lowest BCUT2D eigenvalue weighted by Gasteiger charge is -2.09. The van der Waals surface area contributed by atoms with Crippen molar-refractivity contribution in [3.05, 3.63) is 63.1 Å². The third-order valence-electron chi connectivity index (χ3n) is 3.83. The Hall–Kier alpha value is -2.14. The van der Waals surface area contributed by atoms with Crippen molar-refractivity contribution < 1.29 is 14.4 Å². The molecule has 23 heavy (non-hydrogen) atoms. The predicted molar refractivity (Wildman–Crippen MR) is 92.1 cm³/mol. The van der Waals surface area contributed by atoms with Crippen molar-refractivity contribution in [2.75, 3.05) is 7.11 Å². The van der Waals surface area contributed by atoms with Crippen LogP contribution in [0.1, 0.15) is 33.5 Å². The normalized spacial score (nSPS) is 14.7. The van der Waals surface area contributed by atoms with Gasteiger partial charge in [0.05, 0.1) is 18.4 Å². The molecule has 0 fully saturated rings. The smallest absolute Gasteiger partial charge is 0.365 e. The molecule has 0 aromatic heterocycles. The molecule has 0 heterocycles. The van der Waals surface area contributed by atoms with Crippen LogP contribution in [0, 0.1) is 6.92 Å². The quantitative estimate of drug-likeness (QED) is 0.595. The molecule has 1 aliphatic carbocycles. The highest BCUT2D eigenvalue weighted by molar-refractivity contribution is 9.10. The molecule has 0 radical (unpaired) electrons. The molecule has 0 atom stereocenters. The third-order valence-corrected chi connectivity index (χ3v) is 4.57. The van der Waals surface area contributed by atoms with Crippen LogP contribution in [0.3, 0.4) is 0 Å². The molecule has 2 aromatic rings. The van der Waals surface area contributed by atoms with E-state index in [4.69, 9.17) is 9.57 Å². The topological polar surface area (TPSA) is 47.9 Å². The van der Waals surface area contributed by atoms with Gasteiger partial charge in [-0.25, -0.2) is 4.79 Å². The van der Waals surface area contributed by atoms with Crippen LogP contribution in [0.4, 0.5) is 0 Å². The molecule has 2 aromatic carbocycles. The van der Waals surface area contributed by atoms with Gasteiger partial charge < -0.3 is 9.57 Å². The van der Waals surface area contributed by atoms with Gasteiger partial charge in [-0.1, -0.05) is 38.8 Å². The number of hydrogen-bond acceptors (Lipinski definition) is 4. The summed E-state index contributed by atoms with van der Waals surface area (Å²) >= 11 is 3.54. The first-order valence-electron chi connectivity index (χ1n) is 7.30. The van der Waals surface area contributed by atoms with Crippen molar-refractivity contribution in [3.8, 4) is 5.75 Å². The molecular formula is C18H16BrNO3. The van der Waals surface area contributed by atoms with Crippen LogP contribution in [0.25, 0.3) is 0 Å². The number of oxime groups is 1. The molecule has 0 amide bonds. The molecule has 3 rings (SSSR count). The molecule has 4 nitrogen and oxygen atoms in total. The number of ether oxygens (including phenoxy) is 1. The molecule has 5 heteroatoms. The molecule has 118 valence electrons. The van der Waals surface area contributed by atoms with Gasteiger partial charge >= 0.3 is 5.97 Å². The molecule has 0 saturated heterocycles. The van der Waals surface area contributed by atoms with Crippen molar-refractivity contribution >= 4 is 27.6 Å².